The van der Waals surface area contributed by atoms with Gasteiger partial charge < -0.3 is 15.5 Å². The number of halogens is 1. The summed E-state index contributed by atoms with van der Waals surface area (Å²) in [7, 11) is 0. The number of ketones is 1. The van der Waals surface area contributed by atoms with E-state index < -0.39 is 0 Å². The minimum Gasteiger partial charge on any atom is -0.341 e. The number of nitrogens with one attached hydrogen (secondary N) is 2. The summed E-state index contributed by atoms with van der Waals surface area (Å²) >= 11 is 0. The number of para-hydroxylation sites is 2. The van der Waals surface area contributed by atoms with E-state index in [1.807, 2.05) is 25.1 Å². The molecule has 30 heavy (non-hydrogen) atoms. The van der Waals surface area contributed by atoms with Gasteiger partial charge in [-0.05, 0) is 50.0 Å². The van der Waals surface area contributed by atoms with Crippen molar-refractivity contribution in [3.63, 3.8) is 0 Å². The van der Waals surface area contributed by atoms with Gasteiger partial charge in [0.15, 0.2) is 5.78 Å². The molecule has 2 fully saturated rings. The first-order chi connectivity index (χ1) is 14.7. The predicted molar refractivity (Wildman–Crippen MR) is 118 cm³/mol. The summed E-state index contributed by atoms with van der Waals surface area (Å²) in [6.45, 7) is 2.47. The number of carbonyl (C=O) groups is 1. The Hall–Kier alpha value is -3.41. The molecule has 0 spiro atoms. The molecular weight excluding hydrogens is 379 g/mol. The second-order valence-corrected chi connectivity index (χ2v) is 7.64. The third-order valence-electron chi connectivity index (χ3n) is 5.78. The summed E-state index contributed by atoms with van der Waals surface area (Å²) in [5.74, 6) is 0.671. The Morgan fingerprint density at radius 1 is 1.07 bits per heavy atom. The van der Waals surface area contributed by atoms with Crippen LogP contribution in [0.3, 0.4) is 0 Å². The molecule has 6 heteroatoms. The molecule has 0 amide bonds. The first-order valence-electron chi connectivity index (χ1n) is 10.4. The van der Waals surface area contributed by atoms with E-state index in [9.17, 15) is 9.18 Å². The Kier molecular flexibility index (Phi) is 4.62. The molecular formula is C24H23FN4O. The molecule has 0 aromatic heterocycles. The van der Waals surface area contributed by atoms with E-state index in [2.05, 4.69) is 21.7 Å². The fourth-order valence-corrected chi connectivity index (χ4v) is 4.17. The van der Waals surface area contributed by atoms with Gasteiger partial charge in [0.05, 0.1) is 12.2 Å². The molecule has 2 N–H and O–H groups in total. The minimum atomic E-state index is -0.368. The van der Waals surface area contributed by atoms with Crippen LogP contribution in [0.15, 0.2) is 70.5 Å². The molecule has 0 bridgehead atoms. The number of amidine groups is 1. The van der Waals surface area contributed by atoms with E-state index in [0.717, 1.165) is 29.8 Å². The molecule has 0 unspecified atom stereocenters. The lowest BCUT2D eigenvalue weighted by molar-refractivity contribution is -0.113. The Balaban J connectivity index is 1.64. The average molecular weight is 402 g/mol. The normalized spacial score (nSPS) is 22.0. The molecule has 5 rings (SSSR count). The number of rotatable bonds is 2. The molecule has 0 radical (unpaired) electrons. The van der Waals surface area contributed by atoms with Crippen LogP contribution < -0.4 is 15.5 Å². The number of Topliss-reactive ketones (excluding diaryl/α,β-unsaturated/α-hetero) is 1. The summed E-state index contributed by atoms with van der Waals surface area (Å²) in [4.78, 5) is 19.4. The zero-order valence-corrected chi connectivity index (χ0v) is 16.8. The van der Waals surface area contributed by atoms with Crippen molar-refractivity contribution < 1.29 is 9.18 Å². The monoisotopic (exact) mass is 402 g/mol. The van der Waals surface area contributed by atoms with E-state index in [0.29, 0.717) is 29.5 Å². The van der Waals surface area contributed by atoms with Crippen LogP contribution in [0.5, 0.6) is 0 Å². The highest BCUT2D eigenvalue weighted by Gasteiger charge is 2.38. The van der Waals surface area contributed by atoms with Crippen LogP contribution in [-0.2, 0) is 4.79 Å². The highest BCUT2D eigenvalue weighted by molar-refractivity contribution is 6.34. The second kappa shape index (κ2) is 7.44. The van der Waals surface area contributed by atoms with Crippen molar-refractivity contribution >= 4 is 28.7 Å². The predicted octanol–water partition coefficient (Wildman–Crippen LogP) is 4.46. The second-order valence-electron chi connectivity index (χ2n) is 7.64. The number of carbonyl (C=O) groups excluding carboxylic acids is 1. The maximum atomic E-state index is 14.5. The van der Waals surface area contributed by atoms with Crippen LogP contribution in [0.4, 0.5) is 15.8 Å². The summed E-state index contributed by atoms with van der Waals surface area (Å²) in [5.41, 5.74) is 5.36. The lowest BCUT2D eigenvalue weighted by Gasteiger charge is -2.31. The van der Waals surface area contributed by atoms with Crippen molar-refractivity contribution in [2.75, 3.05) is 23.3 Å². The fraction of sp³-hybridized carbons (Fsp3) is 0.250. The smallest absolute Gasteiger partial charge is 0.189 e. The molecule has 2 heterocycles. The van der Waals surface area contributed by atoms with E-state index in [4.69, 9.17) is 0 Å². The number of fused-ring (bicyclic) bond motifs is 1. The summed E-state index contributed by atoms with van der Waals surface area (Å²) in [6.07, 6.45) is 3.31. The molecule has 2 aromatic carbocycles. The van der Waals surface area contributed by atoms with E-state index in [-0.39, 0.29) is 18.1 Å². The van der Waals surface area contributed by atoms with Gasteiger partial charge in [-0.25, -0.2) is 4.39 Å². The van der Waals surface area contributed by atoms with E-state index in [1.54, 1.807) is 23.1 Å². The molecule has 3 aliphatic rings. The van der Waals surface area contributed by atoms with Crippen LogP contribution in [0.1, 0.15) is 31.7 Å². The average Bonchev–Trinajstić information content (AvgIpc) is 3.03. The van der Waals surface area contributed by atoms with Crippen molar-refractivity contribution in [2.24, 2.45) is 4.99 Å². The molecule has 1 saturated carbocycles. The minimum absolute atomic E-state index is 0.0650. The Labute approximate surface area is 175 Å². The SMILES string of the molecule is CCN=C1C(=C2NC(=C3CCC3)c3ccccc3N2)C(=O)CN1c1ccccc1F. The van der Waals surface area contributed by atoms with Crippen molar-refractivity contribution in [3.8, 4) is 0 Å². The molecule has 5 nitrogen and oxygen atoms in total. The molecule has 2 aliphatic heterocycles. The maximum absolute atomic E-state index is 14.5. The van der Waals surface area contributed by atoms with Crippen LogP contribution in [0, 0.1) is 5.82 Å². The van der Waals surface area contributed by atoms with Gasteiger partial charge in [0.25, 0.3) is 0 Å². The van der Waals surface area contributed by atoms with E-state index in [1.165, 1.54) is 18.1 Å². The van der Waals surface area contributed by atoms with Crippen molar-refractivity contribution in [2.45, 2.75) is 26.2 Å². The van der Waals surface area contributed by atoms with Gasteiger partial charge in [-0.2, -0.15) is 0 Å². The van der Waals surface area contributed by atoms with Gasteiger partial charge in [0, 0.05) is 23.5 Å². The van der Waals surface area contributed by atoms with Gasteiger partial charge in [0.2, 0.25) is 0 Å². The number of nitrogens with zero attached hydrogens (tertiary/aromatic N) is 2. The lowest BCUT2D eigenvalue weighted by atomic mass is 9.87. The molecule has 1 saturated heterocycles. The Bertz CT molecular complexity index is 1130. The number of aliphatic imine (C=N–C) groups is 1. The molecule has 1 aliphatic carbocycles. The van der Waals surface area contributed by atoms with Crippen LogP contribution in [-0.4, -0.2) is 24.7 Å². The number of hydrogen-bond acceptors (Lipinski definition) is 4. The largest absolute Gasteiger partial charge is 0.341 e. The zero-order chi connectivity index (χ0) is 20.7. The van der Waals surface area contributed by atoms with Crippen LogP contribution in [0.25, 0.3) is 5.70 Å². The van der Waals surface area contributed by atoms with Crippen LogP contribution >= 0.6 is 0 Å². The van der Waals surface area contributed by atoms with Gasteiger partial charge in [0.1, 0.15) is 23.0 Å². The van der Waals surface area contributed by atoms with Gasteiger partial charge in [-0.3, -0.25) is 9.79 Å². The van der Waals surface area contributed by atoms with Crippen LogP contribution in [0.2, 0.25) is 0 Å². The topological polar surface area (TPSA) is 56.7 Å². The lowest BCUT2D eigenvalue weighted by Crippen LogP contribution is -2.32. The maximum Gasteiger partial charge on any atom is 0.189 e. The van der Waals surface area contributed by atoms with Gasteiger partial charge in [-0.1, -0.05) is 30.3 Å². The highest BCUT2D eigenvalue weighted by Crippen LogP contribution is 2.39. The Morgan fingerprint density at radius 2 is 1.83 bits per heavy atom. The highest BCUT2D eigenvalue weighted by atomic mass is 19.1. The number of hydrogen-bond donors (Lipinski definition) is 2. The first-order valence-corrected chi connectivity index (χ1v) is 10.4. The fourth-order valence-electron chi connectivity index (χ4n) is 4.17. The van der Waals surface area contributed by atoms with Crippen molar-refractivity contribution in [1.82, 2.24) is 5.32 Å². The van der Waals surface area contributed by atoms with Crippen molar-refractivity contribution in [3.05, 3.63) is 76.9 Å². The first kappa shape index (κ1) is 18.6. The number of benzene rings is 2. The van der Waals surface area contributed by atoms with Crippen molar-refractivity contribution in [1.29, 1.82) is 0 Å². The summed E-state index contributed by atoms with van der Waals surface area (Å²) < 4.78 is 14.5. The van der Waals surface area contributed by atoms with Gasteiger partial charge >= 0.3 is 0 Å². The van der Waals surface area contributed by atoms with E-state index >= 15 is 0 Å². The molecule has 0 atom stereocenters. The summed E-state index contributed by atoms with van der Waals surface area (Å²) in [6, 6.07) is 14.6. The molecule has 2 aromatic rings. The molecule has 152 valence electrons. The third kappa shape index (κ3) is 3.00. The standard InChI is InChI=1S/C24H23FN4O/c1-2-26-24-21(20(30)14-29(24)19-13-6-4-11-17(19)25)23-27-18-12-5-3-10-16(18)22(28-23)15-8-7-9-15/h3-6,10-13,27-28H,2,7-9,14H2,1H3. The number of allylic oxidation sites excluding steroid dienone is 1. The third-order valence-corrected chi connectivity index (χ3v) is 5.78. The zero-order valence-electron chi connectivity index (χ0n) is 16.8. The quantitative estimate of drug-likeness (QED) is 0.729. The number of anilines is 2. The Morgan fingerprint density at radius 3 is 2.57 bits per heavy atom. The summed E-state index contributed by atoms with van der Waals surface area (Å²) in [5, 5.41) is 6.87. The van der Waals surface area contributed by atoms with Gasteiger partial charge in [-0.15, -0.1) is 0 Å².